The van der Waals surface area contributed by atoms with Gasteiger partial charge in [0, 0.05) is 31.5 Å². The van der Waals surface area contributed by atoms with Gasteiger partial charge in [-0.3, -0.25) is 29.3 Å². The van der Waals surface area contributed by atoms with Crippen molar-refractivity contribution in [2.24, 2.45) is 35.5 Å². The molecule has 0 spiro atoms. The zero-order valence-electron chi connectivity index (χ0n) is 23.7. The van der Waals surface area contributed by atoms with E-state index >= 15 is 0 Å². The van der Waals surface area contributed by atoms with Crippen molar-refractivity contribution < 1.29 is 24.0 Å². The van der Waals surface area contributed by atoms with Gasteiger partial charge in [-0.1, -0.05) is 12.1 Å². The van der Waals surface area contributed by atoms with Crippen LogP contribution < -0.4 is 16.0 Å². The number of carbonyl (C=O) groups excluding carboxylic acids is 5. The summed E-state index contributed by atoms with van der Waals surface area (Å²) in [4.78, 5) is 64.4. The molecule has 9 nitrogen and oxygen atoms in total. The molecule has 7 rings (SSSR count). The third-order valence-corrected chi connectivity index (χ3v) is 11.4. The Morgan fingerprint density at radius 2 is 1.83 bits per heavy atom. The van der Waals surface area contributed by atoms with Crippen molar-refractivity contribution in [3.8, 4) is 0 Å². The number of nitrogens with one attached hydrogen (secondary N) is 3. The highest BCUT2D eigenvalue weighted by Crippen LogP contribution is 2.67. The summed E-state index contributed by atoms with van der Waals surface area (Å²) in [6, 6.07) is 4.63. The lowest BCUT2D eigenvalue weighted by Crippen LogP contribution is -2.55. The van der Waals surface area contributed by atoms with Crippen LogP contribution in [0.15, 0.2) is 18.2 Å². The maximum atomic E-state index is 13.5. The Labute approximate surface area is 240 Å². The summed E-state index contributed by atoms with van der Waals surface area (Å²) in [5.74, 6) is 3.63. The highest BCUT2D eigenvalue weighted by molar-refractivity contribution is 6.05. The molecule has 5 amide bonds. The van der Waals surface area contributed by atoms with Gasteiger partial charge in [-0.15, -0.1) is 0 Å². The second kappa shape index (κ2) is 10.2. The third-order valence-electron chi connectivity index (χ3n) is 11.4. The lowest BCUT2D eigenvalue weighted by Gasteiger charge is -2.47. The van der Waals surface area contributed by atoms with Gasteiger partial charge in [-0.25, -0.2) is 0 Å². The molecule has 6 aliphatic rings. The van der Waals surface area contributed by atoms with Crippen LogP contribution in [0.1, 0.15) is 86.2 Å². The largest absolute Gasteiger partial charge is 0.351 e. The monoisotopic (exact) mass is 560 g/mol. The molecule has 9 heteroatoms. The van der Waals surface area contributed by atoms with Gasteiger partial charge in [0.1, 0.15) is 12.1 Å². The zero-order chi connectivity index (χ0) is 28.4. The third kappa shape index (κ3) is 4.56. The number of imide groups is 1. The molecule has 2 aliphatic heterocycles. The first-order chi connectivity index (χ1) is 19.8. The summed E-state index contributed by atoms with van der Waals surface area (Å²) in [5, 5.41) is 8.65. The Balaban J connectivity index is 0.991. The SMILES string of the molecule is CC(=O)N[C@@H](CCCc1cccc2c1CN(C1CCC(=O)NC1=O)C2=O)C(=O)NC1CC2C[C@@H]3CC4CCC1C3C42. The molecule has 0 aromatic heterocycles. The summed E-state index contributed by atoms with van der Waals surface area (Å²) in [5.41, 5.74) is 2.52. The van der Waals surface area contributed by atoms with E-state index in [4.69, 9.17) is 0 Å². The first-order valence-electron chi connectivity index (χ1n) is 15.6. The summed E-state index contributed by atoms with van der Waals surface area (Å²) in [6.45, 7) is 1.79. The van der Waals surface area contributed by atoms with Crippen molar-refractivity contribution in [3.05, 3.63) is 34.9 Å². The lowest BCUT2D eigenvalue weighted by molar-refractivity contribution is -0.137. The molecular weight excluding hydrogens is 520 g/mol. The zero-order valence-corrected chi connectivity index (χ0v) is 23.7. The second-order valence-electron chi connectivity index (χ2n) is 13.5. The number of hydrogen-bond donors (Lipinski definition) is 3. The van der Waals surface area contributed by atoms with Gasteiger partial charge in [-0.2, -0.15) is 0 Å². The van der Waals surface area contributed by atoms with E-state index in [1.54, 1.807) is 11.0 Å². The first kappa shape index (κ1) is 26.7. The van der Waals surface area contributed by atoms with Gasteiger partial charge in [0.2, 0.25) is 23.6 Å². The van der Waals surface area contributed by atoms with Crippen LogP contribution in [0.5, 0.6) is 0 Å². The van der Waals surface area contributed by atoms with Crippen molar-refractivity contribution in [2.45, 2.75) is 95.8 Å². The molecule has 4 saturated carbocycles. The predicted molar refractivity (Wildman–Crippen MR) is 149 cm³/mol. The Hall–Kier alpha value is -3.23. The van der Waals surface area contributed by atoms with Crippen molar-refractivity contribution in [1.29, 1.82) is 0 Å². The molecular formula is C32H40N4O5. The van der Waals surface area contributed by atoms with Gasteiger partial charge in [0.25, 0.3) is 5.91 Å². The maximum absolute atomic E-state index is 13.5. The molecule has 4 aliphatic carbocycles. The Morgan fingerprint density at radius 3 is 2.63 bits per heavy atom. The standard InChI is InChI=1S/C32H40N4O5/c1-16(37)33-24(30(39)34-25-14-20-13-19-12-18-8-9-22(25)29(19)28(18)20)7-3-5-17-4-2-6-21-23(17)15-36(32(21)41)26-10-11-27(38)35-31(26)40/h2,4,6,18-20,22,24-26,28-29H,3,5,7-15H2,1H3,(H,33,37)(H,34,39)(H,35,38,40)/t18?,19-,20?,22?,24-,25?,26?,28?,29?/m0/s1. The Bertz CT molecular complexity index is 1310. The van der Waals surface area contributed by atoms with E-state index in [1.165, 1.54) is 32.6 Å². The van der Waals surface area contributed by atoms with Crippen molar-refractivity contribution in [3.63, 3.8) is 0 Å². The molecule has 1 aromatic rings. The van der Waals surface area contributed by atoms with Crippen LogP contribution >= 0.6 is 0 Å². The van der Waals surface area contributed by atoms with Gasteiger partial charge in [-0.05, 0) is 110 Å². The molecule has 1 aromatic carbocycles. The fraction of sp³-hybridized carbons (Fsp3) is 0.656. The van der Waals surface area contributed by atoms with Crippen LogP contribution in [0.2, 0.25) is 0 Å². The van der Waals surface area contributed by atoms with E-state index in [0.29, 0.717) is 43.7 Å². The highest BCUT2D eigenvalue weighted by atomic mass is 16.2. The smallest absolute Gasteiger partial charge is 0.255 e. The number of nitrogens with zero attached hydrogens (tertiary/aromatic N) is 1. The minimum atomic E-state index is -0.645. The van der Waals surface area contributed by atoms with E-state index in [-0.39, 0.29) is 36.1 Å². The predicted octanol–water partition coefficient (Wildman–Crippen LogP) is 2.46. The van der Waals surface area contributed by atoms with Crippen molar-refractivity contribution >= 4 is 29.5 Å². The number of amides is 5. The van der Waals surface area contributed by atoms with E-state index in [1.807, 2.05) is 12.1 Å². The van der Waals surface area contributed by atoms with Gasteiger partial charge in [0.05, 0.1) is 0 Å². The minimum absolute atomic E-state index is 0.0709. The molecule has 1 saturated heterocycles. The summed E-state index contributed by atoms with van der Waals surface area (Å²) in [6.07, 6.45) is 8.76. The number of hydrogen-bond acceptors (Lipinski definition) is 5. The average Bonchev–Trinajstić information content (AvgIpc) is 3.50. The molecule has 2 heterocycles. The number of rotatable bonds is 8. The van der Waals surface area contributed by atoms with Crippen LogP contribution in [-0.4, -0.2) is 52.6 Å². The van der Waals surface area contributed by atoms with Crippen molar-refractivity contribution in [2.75, 3.05) is 0 Å². The number of benzene rings is 1. The fourth-order valence-corrected chi connectivity index (χ4v) is 9.94. The topological polar surface area (TPSA) is 125 Å². The van der Waals surface area contributed by atoms with Crippen LogP contribution in [0.3, 0.4) is 0 Å². The lowest BCUT2D eigenvalue weighted by atomic mass is 9.61. The number of fused-ring (bicyclic) bond motifs is 1. The Kier molecular flexibility index (Phi) is 6.66. The summed E-state index contributed by atoms with van der Waals surface area (Å²) in [7, 11) is 0. The normalized spacial score (nSPS) is 35.3. The van der Waals surface area contributed by atoms with Gasteiger partial charge >= 0.3 is 0 Å². The molecule has 9 atom stereocenters. The van der Waals surface area contributed by atoms with Gasteiger partial charge < -0.3 is 15.5 Å². The molecule has 7 unspecified atom stereocenters. The average molecular weight is 561 g/mol. The summed E-state index contributed by atoms with van der Waals surface area (Å²) >= 11 is 0. The van der Waals surface area contributed by atoms with E-state index < -0.39 is 18.0 Å². The molecule has 5 fully saturated rings. The fourth-order valence-electron chi connectivity index (χ4n) is 9.94. The van der Waals surface area contributed by atoms with E-state index in [2.05, 4.69) is 16.0 Å². The maximum Gasteiger partial charge on any atom is 0.255 e. The van der Waals surface area contributed by atoms with Crippen LogP contribution in [0.4, 0.5) is 0 Å². The molecule has 3 N–H and O–H groups in total. The van der Waals surface area contributed by atoms with Crippen molar-refractivity contribution in [1.82, 2.24) is 20.9 Å². The minimum Gasteiger partial charge on any atom is -0.351 e. The van der Waals surface area contributed by atoms with E-state index in [0.717, 1.165) is 47.1 Å². The Morgan fingerprint density at radius 1 is 1.02 bits per heavy atom. The first-order valence-corrected chi connectivity index (χ1v) is 15.6. The van der Waals surface area contributed by atoms with Gasteiger partial charge in [0.15, 0.2) is 0 Å². The quantitative estimate of drug-likeness (QED) is 0.422. The highest BCUT2D eigenvalue weighted by Gasteiger charge is 2.62. The van der Waals surface area contributed by atoms with E-state index in [9.17, 15) is 24.0 Å². The molecule has 218 valence electrons. The number of carbonyl (C=O) groups is 5. The molecule has 6 bridgehead atoms. The molecule has 0 radical (unpaired) electrons. The number of aryl methyl sites for hydroxylation is 1. The second-order valence-corrected chi connectivity index (χ2v) is 13.5. The van der Waals surface area contributed by atoms with Crippen LogP contribution in [0.25, 0.3) is 0 Å². The summed E-state index contributed by atoms with van der Waals surface area (Å²) < 4.78 is 0. The van der Waals surface area contributed by atoms with Crippen LogP contribution in [-0.2, 0) is 32.1 Å². The number of piperidine rings is 1. The molecule has 41 heavy (non-hydrogen) atoms. The van der Waals surface area contributed by atoms with Crippen LogP contribution in [0, 0.1) is 35.5 Å².